The number of phenols is 1. The van der Waals surface area contributed by atoms with Gasteiger partial charge in [0.15, 0.2) is 0 Å². The minimum Gasteiger partial charge on any atom is -0.508 e. The Kier molecular flexibility index (Phi) is 6.57. The van der Waals surface area contributed by atoms with Crippen LogP contribution in [0.1, 0.15) is 18.1 Å². The number of hydrogen-bond acceptors (Lipinski definition) is 6. The number of nitrogens with zero attached hydrogens (tertiary/aromatic N) is 3. The average Bonchev–Trinajstić information content (AvgIpc) is 2.76. The Morgan fingerprint density at radius 3 is 2.87 bits per heavy atom. The van der Waals surface area contributed by atoms with Crippen LogP contribution >= 0.6 is 0 Å². The third kappa shape index (κ3) is 5.34. The molecule has 1 aliphatic heterocycles. The molecule has 2 aromatic carbocycles. The van der Waals surface area contributed by atoms with Crippen molar-refractivity contribution >= 4 is 5.95 Å². The highest BCUT2D eigenvalue weighted by Gasteiger charge is 2.17. The lowest BCUT2D eigenvalue weighted by Gasteiger charge is -2.33. The molecule has 3 aromatic rings. The van der Waals surface area contributed by atoms with Crippen LogP contribution in [0, 0.1) is 0 Å². The average molecular weight is 404 g/mol. The van der Waals surface area contributed by atoms with Crippen LogP contribution in [0.4, 0.5) is 5.95 Å². The fourth-order valence-corrected chi connectivity index (χ4v) is 3.82. The molecule has 3 N–H and O–H groups in total. The van der Waals surface area contributed by atoms with Crippen molar-refractivity contribution in [1.82, 2.24) is 20.2 Å². The number of rotatable bonds is 7. The molecule has 30 heavy (non-hydrogen) atoms. The molecule has 156 valence electrons. The van der Waals surface area contributed by atoms with Gasteiger partial charge < -0.3 is 15.7 Å². The van der Waals surface area contributed by atoms with Crippen molar-refractivity contribution in [3.05, 3.63) is 71.9 Å². The summed E-state index contributed by atoms with van der Waals surface area (Å²) in [4.78, 5) is 11.6. The zero-order valence-corrected chi connectivity index (χ0v) is 17.4. The quantitative estimate of drug-likeness (QED) is 0.562. The zero-order chi connectivity index (χ0) is 20.8. The number of anilines is 1. The maximum absolute atomic E-state index is 9.58. The van der Waals surface area contributed by atoms with Crippen LogP contribution in [0.15, 0.2) is 60.8 Å². The highest BCUT2D eigenvalue weighted by atomic mass is 16.3. The van der Waals surface area contributed by atoms with Gasteiger partial charge in [0.05, 0.1) is 5.69 Å². The molecule has 1 atom stereocenters. The lowest BCUT2D eigenvalue weighted by atomic mass is 10.1. The predicted molar refractivity (Wildman–Crippen MR) is 121 cm³/mol. The second-order valence-corrected chi connectivity index (χ2v) is 7.84. The van der Waals surface area contributed by atoms with Crippen molar-refractivity contribution in [1.29, 1.82) is 0 Å². The highest BCUT2D eigenvalue weighted by Crippen LogP contribution is 2.21. The third-order valence-corrected chi connectivity index (χ3v) is 5.51. The monoisotopic (exact) mass is 403 g/mol. The molecule has 0 unspecified atom stereocenters. The summed E-state index contributed by atoms with van der Waals surface area (Å²) in [5.74, 6) is 0.912. The molecule has 6 nitrogen and oxygen atoms in total. The zero-order valence-electron chi connectivity index (χ0n) is 17.4. The lowest BCUT2D eigenvalue weighted by Crippen LogP contribution is -2.49. The van der Waals surface area contributed by atoms with Gasteiger partial charge in [-0.2, -0.15) is 0 Å². The Labute approximate surface area is 178 Å². The van der Waals surface area contributed by atoms with Crippen molar-refractivity contribution < 1.29 is 5.11 Å². The van der Waals surface area contributed by atoms with Crippen LogP contribution in [0.25, 0.3) is 11.3 Å². The molecule has 0 amide bonds. The molecule has 0 bridgehead atoms. The molecule has 1 aromatic heterocycles. The Morgan fingerprint density at radius 1 is 1.13 bits per heavy atom. The Bertz CT molecular complexity index is 977. The first-order valence-corrected chi connectivity index (χ1v) is 10.6. The molecular weight excluding hydrogens is 374 g/mol. The van der Waals surface area contributed by atoms with Gasteiger partial charge in [0.2, 0.25) is 5.95 Å². The summed E-state index contributed by atoms with van der Waals surface area (Å²) in [6, 6.07) is 18.4. The van der Waals surface area contributed by atoms with Crippen molar-refractivity contribution in [3.63, 3.8) is 0 Å². The molecule has 1 aliphatic rings. The minimum atomic E-state index is 0.292. The van der Waals surface area contributed by atoms with E-state index in [1.54, 1.807) is 18.3 Å². The Morgan fingerprint density at radius 2 is 2.00 bits per heavy atom. The van der Waals surface area contributed by atoms with Crippen LogP contribution in [-0.4, -0.2) is 52.2 Å². The molecule has 4 rings (SSSR count). The van der Waals surface area contributed by atoms with E-state index >= 15 is 0 Å². The second kappa shape index (κ2) is 9.69. The molecule has 2 heterocycles. The van der Waals surface area contributed by atoms with Crippen LogP contribution in [0.2, 0.25) is 0 Å². The SMILES string of the molecule is C[C@H]1CNCCN1Cc1cccc(-c2ccnc(NCCc3cccc(O)c3)n2)c1. The fraction of sp³-hybridized carbons (Fsp3) is 0.333. The molecule has 0 spiro atoms. The van der Waals surface area contributed by atoms with E-state index in [9.17, 15) is 5.11 Å². The molecule has 0 radical (unpaired) electrons. The van der Waals surface area contributed by atoms with E-state index in [4.69, 9.17) is 4.98 Å². The van der Waals surface area contributed by atoms with Gasteiger partial charge in [-0.3, -0.25) is 4.90 Å². The van der Waals surface area contributed by atoms with Crippen molar-refractivity contribution in [2.45, 2.75) is 25.9 Å². The maximum Gasteiger partial charge on any atom is 0.223 e. The topological polar surface area (TPSA) is 73.3 Å². The van der Waals surface area contributed by atoms with E-state index in [0.717, 1.165) is 49.4 Å². The Balaban J connectivity index is 1.40. The molecule has 0 aliphatic carbocycles. The Hall–Kier alpha value is -2.96. The number of aromatic hydroxyl groups is 1. The van der Waals surface area contributed by atoms with E-state index in [-0.39, 0.29) is 0 Å². The molecular formula is C24H29N5O. The van der Waals surface area contributed by atoms with Crippen LogP contribution < -0.4 is 10.6 Å². The smallest absolute Gasteiger partial charge is 0.223 e. The van der Waals surface area contributed by atoms with E-state index in [1.165, 1.54) is 5.56 Å². The van der Waals surface area contributed by atoms with Gasteiger partial charge in [-0.25, -0.2) is 9.97 Å². The molecule has 0 saturated carbocycles. The number of phenolic OH excluding ortho intramolecular Hbond substituents is 1. The molecule has 1 saturated heterocycles. The fourth-order valence-electron chi connectivity index (χ4n) is 3.82. The van der Waals surface area contributed by atoms with Gasteiger partial charge in [0, 0.05) is 50.5 Å². The standard InChI is InChI=1S/C24H29N5O/c1-18-16-25-12-13-29(18)17-20-5-2-6-21(14-20)23-9-11-27-24(28-23)26-10-8-19-4-3-7-22(30)15-19/h2-7,9,11,14-15,18,25,30H,8,10,12-13,16-17H2,1H3,(H,26,27,28)/t18-/m0/s1. The van der Waals surface area contributed by atoms with Gasteiger partial charge in [0.25, 0.3) is 0 Å². The summed E-state index contributed by atoms with van der Waals surface area (Å²) < 4.78 is 0. The number of piperazine rings is 1. The number of benzene rings is 2. The van der Waals surface area contributed by atoms with E-state index < -0.39 is 0 Å². The van der Waals surface area contributed by atoms with Gasteiger partial charge in [-0.1, -0.05) is 30.3 Å². The van der Waals surface area contributed by atoms with Crippen molar-refractivity contribution in [3.8, 4) is 17.0 Å². The number of nitrogens with one attached hydrogen (secondary N) is 2. The summed E-state index contributed by atoms with van der Waals surface area (Å²) in [5, 5.41) is 16.3. The summed E-state index contributed by atoms with van der Waals surface area (Å²) in [6.45, 7) is 7.10. The third-order valence-electron chi connectivity index (χ3n) is 5.51. The van der Waals surface area contributed by atoms with Gasteiger partial charge in [-0.05, 0) is 48.7 Å². The first-order valence-electron chi connectivity index (χ1n) is 10.6. The number of hydrogen-bond donors (Lipinski definition) is 3. The van der Waals surface area contributed by atoms with Gasteiger partial charge >= 0.3 is 0 Å². The minimum absolute atomic E-state index is 0.292. The summed E-state index contributed by atoms with van der Waals surface area (Å²) in [5.41, 5.74) is 4.40. The van der Waals surface area contributed by atoms with E-state index in [2.05, 4.69) is 51.7 Å². The van der Waals surface area contributed by atoms with E-state index in [0.29, 0.717) is 24.3 Å². The first kappa shape index (κ1) is 20.3. The lowest BCUT2D eigenvalue weighted by molar-refractivity contribution is 0.165. The van der Waals surface area contributed by atoms with Crippen molar-refractivity contribution in [2.24, 2.45) is 0 Å². The van der Waals surface area contributed by atoms with Crippen molar-refractivity contribution in [2.75, 3.05) is 31.5 Å². The normalized spacial score (nSPS) is 17.0. The molecule has 6 heteroatoms. The van der Waals surface area contributed by atoms with Crippen LogP contribution in [0.5, 0.6) is 5.75 Å². The van der Waals surface area contributed by atoms with Gasteiger partial charge in [-0.15, -0.1) is 0 Å². The summed E-state index contributed by atoms with van der Waals surface area (Å²) in [7, 11) is 0. The largest absolute Gasteiger partial charge is 0.508 e. The van der Waals surface area contributed by atoms with E-state index in [1.807, 2.05) is 18.2 Å². The van der Waals surface area contributed by atoms with Crippen LogP contribution in [-0.2, 0) is 13.0 Å². The second-order valence-electron chi connectivity index (χ2n) is 7.84. The summed E-state index contributed by atoms with van der Waals surface area (Å²) >= 11 is 0. The predicted octanol–water partition coefficient (Wildman–Crippen LogP) is 3.30. The first-order chi connectivity index (χ1) is 14.7. The molecule has 1 fully saturated rings. The highest BCUT2D eigenvalue weighted by molar-refractivity contribution is 5.61. The number of aromatic nitrogens is 2. The van der Waals surface area contributed by atoms with Crippen LogP contribution in [0.3, 0.4) is 0 Å². The maximum atomic E-state index is 9.58. The van der Waals surface area contributed by atoms with Gasteiger partial charge in [0.1, 0.15) is 5.75 Å². The summed E-state index contributed by atoms with van der Waals surface area (Å²) in [6.07, 6.45) is 2.59.